The zero-order chi connectivity index (χ0) is 14.3. The maximum Gasteiger partial charge on any atom is 0.0628 e. The van der Waals surface area contributed by atoms with Gasteiger partial charge in [0.05, 0.1) is 6.61 Å². The Labute approximate surface area is 123 Å². The van der Waals surface area contributed by atoms with E-state index in [2.05, 4.69) is 49.5 Å². The second-order valence-electron chi connectivity index (χ2n) is 5.96. The average molecular weight is 275 g/mol. The zero-order valence-electron chi connectivity index (χ0n) is 13.0. The monoisotopic (exact) mass is 275 g/mol. The third-order valence-electron chi connectivity index (χ3n) is 4.54. The van der Waals surface area contributed by atoms with Gasteiger partial charge in [-0.05, 0) is 37.8 Å². The van der Waals surface area contributed by atoms with E-state index in [1.807, 2.05) is 0 Å². The van der Waals surface area contributed by atoms with Crippen molar-refractivity contribution in [1.82, 2.24) is 5.32 Å². The summed E-state index contributed by atoms with van der Waals surface area (Å²) in [4.78, 5) is 0. The lowest BCUT2D eigenvalue weighted by Gasteiger charge is -2.48. The van der Waals surface area contributed by atoms with E-state index in [4.69, 9.17) is 4.74 Å². The molecule has 1 unspecified atom stereocenters. The molecule has 2 nitrogen and oxygen atoms in total. The van der Waals surface area contributed by atoms with E-state index in [1.165, 1.54) is 31.2 Å². The summed E-state index contributed by atoms with van der Waals surface area (Å²) in [6, 6.07) is 11.5. The van der Waals surface area contributed by atoms with E-state index >= 15 is 0 Å². The summed E-state index contributed by atoms with van der Waals surface area (Å²) in [5, 5.41) is 3.74. The van der Waals surface area contributed by atoms with Gasteiger partial charge in [-0.3, -0.25) is 0 Å². The van der Waals surface area contributed by atoms with Crippen LogP contribution in [-0.2, 0) is 10.2 Å². The Morgan fingerprint density at radius 3 is 2.45 bits per heavy atom. The van der Waals surface area contributed by atoms with Gasteiger partial charge in [0, 0.05) is 18.1 Å². The molecule has 2 heteroatoms. The van der Waals surface area contributed by atoms with Gasteiger partial charge in [-0.15, -0.1) is 0 Å². The minimum Gasteiger partial charge on any atom is -0.380 e. The van der Waals surface area contributed by atoms with Crippen LogP contribution in [0.2, 0.25) is 0 Å². The Morgan fingerprint density at radius 2 is 1.90 bits per heavy atom. The topological polar surface area (TPSA) is 21.3 Å². The Bertz CT molecular complexity index is 372. The van der Waals surface area contributed by atoms with Gasteiger partial charge in [-0.25, -0.2) is 0 Å². The normalized spacial score (nSPS) is 18.5. The fraction of sp³-hybridized carbons (Fsp3) is 0.667. The van der Waals surface area contributed by atoms with Crippen LogP contribution < -0.4 is 5.32 Å². The van der Waals surface area contributed by atoms with Crippen molar-refractivity contribution >= 4 is 0 Å². The highest BCUT2D eigenvalue weighted by molar-refractivity contribution is 5.30. The highest BCUT2D eigenvalue weighted by Crippen LogP contribution is 2.46. The van der Waals surface area contributed by atoms with Crippen LogP contribution in [0.25, 0.3) is 0 Å². The minimum absolute atomic E-state index is 0.296. The minimum atomic E-state index is 0.296. The number of ether oxygens (including phenoxy) is 1. The molecule has 0 heterocycles. The first-order valence-corrected chi connectivity index (χ1v) is 8.20. The Balaban J connectivity index is 2.11. The summed E-state index contributed by atoms with van der Waals surface area (Å²) >= 11 is 0. The Hall–Kier alpha value is -0.860. The standard InChI is InChI=1S/C18H29NO/c1-3-13-19-17(15-20-14-4-2)18(11-8-12-18)16-9-6-5-7-10-16/h5-7,9-10,17,19H,3-4,8,11-15H2,1-2H3. The number of nitrogens with one attached hydrogen (secondary N) is 1. The second-order valence-corrected chi connectivity index (χ2v) is 5.96. The number of hydrogen-bond donors (Lipinski definition) is 1. The number of hydrogen-bond acceptors (Lipinski definition) is 2. The van der Waals surface area contributed by atoms with E-state index in [9.17, 15) is 0 Å². The molecule has 20 heavy (non-hydrogen) atoms. The molecule has 0 aliphatic heterocycles. The van der Waals surface area contributed by atoms with Crippen LogP contribution in [-0.4, -0.2) is 25.8 Å². The largest absolute Gasteiger partial charge is 0.380 e. The van der Waals surface area contributed by atoms with Crippen LogP contribution >= 0.6 is 0 Å². The highest BCUT2D eigenvalue weighted by Gasteiger charge is 2.45. The van der Waals surface area contributed by atoms with Gasteiger partial charge in [0.15, 0.2) is 0 Å². The Kier molecular flexibility index (Phi) is 6.06. The molecule has 0 saturated heterocycles. The quantitative estimate of drug-likeness (QED) is 0.690. The fourth-order valence-electron chi connectivity index (χ4n) is 3.24. The van der Waals surface area contributed by atoms with Crippen molar-refractivity contribution < 1.29 is 4.74 Å². The van der Waals surface area contributed by atoms with Crippen molar-refractivity contribution in [3.05, 3.63) is 35.9 Å². The summed E-state index contributed by atoms with van der Waals surface area (Å²) in [6.07, 6.45) is 6.18. The van der Waals surface area contributed by atoms with Gasteiger partial charge in [-0.2, -0.15) is 0 Å². The van der Waals surface area contributed by atoms with Gasteiger partial charge in [0.1, 0.15) is 0 Å². The first-order chi connectivity index (χ1) is 9.83. The third kappa shape index (κ3) is 3.42. The van der Waals surface area contributed by atoms with Gasteiger partial charge in [0.25, 0.3) is 0 Å². The van der Waals surface area contributed by atoms with E-state index in [1.54, 1.807) is 0 Å². The number of rotatable bonds is 9. The molecule has 1 atom stereocenters. The smallest absolute Gasteiger partial charge is 0.0628 e. The molecule has 1 aliphatic rings. The van der Waals surface area contributed by atoms with Crippen molar-refractivity contribution in [2.75, 3.05) is 19.8 Å². The van der Waals surface area contributed by atoms with Crippen LogP contribution in [0, 0.1) is 0 Å². The van der Waals surface area contributed by atoms with Crippen molar-refractivity contribution in [2.45, 2.75) is 57.4 Å². The van der Waals surface area contributed by atoms with Gasteiger partial charge in [0.2, 0.25) is 0 Å². The van der Waals surface area contributed by atoms with E-state index < -0.39 is 0 Å². The Morgan fingerprint density at radius 1 is 1.15 bits per heavy atom. The maximum atomic E-state index is 5.88. The van der Waals surface area contributed by atoms with E-state index in [0.717, 1.165) is 26.2 Å². The van der Waals surface area contributed by atoms with Gasteiger partial charge < -0.3 is 10.1 Å². The molecule has 112 valence electrons. The molecule has 1 saturated carbocycles. The molecule has 2 rings (SSSR count). The summed E-state index contributed by atoms with van der Waals surface area (Å²) in [7, 11) is 0. The van der Waals surface area contributed by atoms with Crippen molar-refractivity contribution in [1.29, 1.82) is 0 Å². The molecule has 1 aliphatic carbocycles. The molecule has 0 radical (unpaired) electrons. The van der Waals surface area contributed by atoms with Crippen molar-refractivity contribution in [2.24, 2.45) is 0 Å². The summed E-state index contributed by atoms with van der Waals surface area (Å²) < 4.78 is 5.88. The van der Waals surface area contributed by atoms with Gasteiger partial charge in [-0.1, -0.05) is 50.6 Å². The maximum absolute atomic E-state index is 5.88. The van der Waals surface area contributed by atoms with Crippen LogP contribution in [0.1, 0.15) is 51.5 Å². The lowest BCUT2D eigenvalue weighted by atomic mass is 9.60. The second kappa shape index (κ2) is 7.80. The average Bonchev–Trinajstić information content (AvgIpc) is 2.44. The van der Waals surface area contributed by atoms with Crippen LogP contribution in [0.3, 0.4) is 0 Å². The molecule has 1 fully saturated rings. The molecule has 0 bridgehead atoms. The van der Waals surface area contributed by atoms with Crippen LogP contribution in [0.4, 0.5) is 0 Å². The van der Waals surface area contributed by atoms with Crippen LogP contribution in [0.15, 0.2) is 30.3 Å². The molecule has 1 N–H and O–H groups in total. The molecule has 0 spiro atoms. The lowest BCUT2D eigenvalue weighted by molar-refractivity contribution is 0.0562. The molecular weight excluding hydrogens is 246 g/mol. The summed E-state index contributed by atoms with van der Waals surface area (Å²) in [6.45, 7) is 7.18. The molecule has 1 aromatic rings. The molecule has 0 amide bonds. The first-order valence-electron chi connectivity index (χ1n) is 8.20. The van der Waals surface area contributed by atoms with Crippen molar-refractivity contribution in [3.63, 3.8) is 0 Å². The predicted octanol–water partition coefficient (Wildman–Crippen LogP) is 3.90. The van der Waals surface area contributed by atoms with Crippen molar-refractivity contribution in [3.8, 4) is 0 Å². The van der Waals surface area contributed by atoms with E-state index in [-0.39, 0.29) is 0 Å². The highest BCUT2D eigenvalue weighted by atomic mass is 16.5. The SMILES string of the molecule is CCCNC(COCCC)C1(c2ccccc2)CCC1. The zero-order valence-corrected chi connectivity index (χ0v) is 13.0. The molecular formula is C18H29NO. The lowest BCUT2D eigenvalue weighted by Crippen LogP contribution is -2.55. The third-order valence-corrected chi connectivity index (χ3v) is 4.54. The van der Waals surface area contributed by atoms with Gasteiger partial charge >= 0.3 is 0 Å². The summed E-state index contributed by atoms with van der Waals surface area (Å²) in [5.41, 5.74) is 1.78. The van der Waals surface area contributed by atoms with Crippen LogP contribution in [0.5, 0.6) is 0 Å². The van der Waals surface area contributed by atoms with E-state index in [0.29, 0.717) is 11.5 Å². The fourth-order valence-corrected chi connectivity index (χ4v) is 3.24. The molecule has 1 aromatic carbocycles. The summed E-state index contributed by atoms with van der Waals surface area (Å²) in [5.74, 6) is 0. The number of benzene rings is 1. The first kappa shape index (κ1) is 15.5. The predicted molar refractivity (Wildman–Crippen MR) is 85.2 cm³/mol. The molecule has 0 aromatic heterocycles.